The highest BCUT2D eigenvalue weighted by molar-refractivity contribution is 9.10. The maximum Gasteiger partial charge on any atom is 0.264 e. The molecule has 6 nitrogen and oxygen atoms in total. The first kappa shape index (κ1) is 21.9. The number of hydrogen-bond acceptors (Lipinski definition) is 4. The summed E-state index contributed by atoms with van der Waals surface area (Å²) in [7, 11) is -2.21. The molecule has 8 heteroatoms. The van der Waals surface area contributed by atoms with Crippen LogP contribution >= 0.6 is 15.9 Å². The van der Waals surface area contributed by atoms with Crippen molar-refractivity contribution in [2.75, 3.05) is 23.3 Å². The Morgan fingerprint density at radius 3 is 2.33 bits per heavy atom. The van der Waals surface area contributed by atoms with Gasteiger partial charge in [-0.2, -0.15) is 0 Å². The van der Waals surface area contributed by atoms with Crippen molar-refractivity contribution in [2.24, 2.45) is 0 Å². The van der Waals surface area contributed by atoms with Crippen LogP contribution in [0, 0.1) is 0 Å². The van der Waals surface area contributed by atoms with Gasteiger partial charge in [0.1, 0.15) is 5.75 Å². The summed E-state index contributed by atoms with van der Waals surface area (Å²) >= 11 is 3.36. The van der Waals surface area contributed by atoms with E-state index in [2.05, 4.69) is 21.2 Å². The van der Waals surface area contributed by atoms with Crippen molar-refractivity contribution in [1.29, 1.82) is 0 Å². The molecule has 0 saturated heterocycles. The molecule has 0 aromatic heterocycles. The third-order valence-corrected chi connectivity index (χ3v) is 6.67. The molecular formula is C22H21BrN2O4S. The minimum Gasteiger partial charge on any atom is -0.493 e. The van der Waals surface area contributed by atoms with Crippen LogP contribution in [-0.4, -0.2) is 28.0 Å². The Labute approximate surface area is 184 Å². The molecule has 1 amide bonds. The molecule has 0 radical (unpaired) electrons. The third-order valence-electron chi connectivity index (χ3n) is 4.38. The molecule has 0 saturated carbocycles. The quantitative estimate of drug-likeness (QED) is 0.511. The van der Waals surface area contributed by atoms with E-state index in [4.69, 9.17) is 4.74 Å². The lowest BCUT2D eigenvalue weighted by Gasteiger charge is -2.19. The molecule has 0 spiro atoms. The van der Waals surface area contributed by atoms with Crippen LogP contribution < -0.4 is 14.4 Å². The molecule has 1 N–H and O–H groups in total. The predicted molar refractivity (Wildman–Crippen MR) is 122 cm³/mol. The van der Waals surface area contributed by atoms with E-state index in [9.17, 15) is 13.2 Å². The molecule has 156 valence electrons. The lowest BCUT2D eigenvalue weighted by molar-refractivity contribution is 0.102. The van der Waals surface area contributed by atoms with Crippen molar-refractivity contribution in [3.05, 3.63) is 82.8 Å². The third kappa shape index (κ3) is 4.83. The van der Waals surface area contributed by atoms with Crippen molar-refractivity contribution in [1.82, 2.24) is 0 Å². The number of nitrogens with zero attached hydrogens (tertiary/aromatic N) is 1. The number of carbonyl (C=O) groups excluding carboxylic acids is 1. The summed E-state index contributed by atoms with van der Waals surface area (Å²) < 4.78 is 33.2. The Balaban J connectivity index is 1.80. The van der Waals surface area contributed by atoms with Gasteiger partial charge < -0.3 is 10.1 Å². The first-order valence-electron chi connectivity index (χ1n) is 9.20. The van der Waals surface area contributed by atoms with E-state index in [1.807, 2.05) is 13.0 Å². The van der Waals surface area contributed by atoms with Crippen molar-refractivity contribution >= 4 is 43.2 Å². The number of sulfonamides is 1. The molecule has 0 unspecified atom stereocenters. The molecule has 0 aliphatic heterocycles. The van der Waals surface area contributed by atoms with Crippen LogP contribution in [0.4, 0.5) is 11.4 Å². The van der Waals surface area contributed by atoms with Crippen LogP contribution in [0.2, 0.25) is 0 Å². The zero-order valence-corrected chi connectivity index (χ0v) is 18.9. The SMILES string of the molecule is CCOc1ccc(Br)cc1C(=O)Nc1ccc(S(=O)(=O)N(C)c2ccccc2)cc1. The minimum atomic E-state index is -3.71. The van der Waals surface area contributed by atoms with Gasteiger partial charge in [0.15, 0.2) is 0 Å². The first-order chi connectivity index (χ1) is 14.3. The number of rotatable bonds is 7. The number of carbonyl (C=O) groups is 1. The zero-order valence-electron chi connectivity index (χ0n) is 16.5. The molecule has 0 heterocycles. The summed E-state index contributed by atoms with van der Waals surface area (Å²) in [5.74, 6) is 0.124. The van der Waals surface area contributed by atoms with Crippen LogP contribution in [-0.2, 0) is 10.0 Å². The van der Waals surface area contributed by atoms with E-state index < -0.39 is 10.0 Å². The van der Waals surface area contributed by atoms with Gasteiger partial charge in [0.2, 0.25) is 0 Å². The van der Waals surface area contributed by atoms with Gasteiger partial charge in [-0.3, -0.25) is 9.10 Å². The van der Waals surface area contributed by atoms with Crippen LogP contribution in [0.15, 0.2) is 82.2 Å². The Morgan fingerprint density at radius 2 is 1.70 bits per heavy atom. The molecule has 3 aromatic carbocycles. The second-order valence-corrected chi connectivity index (χ2v) is 9.25. The fourth-order valence-electron chi connectivity index (χ4n) is 2.80. The van der Waals surface area contributed by atoms with Crippen molar-refractivity contribution in [2.45, 2.75) is 11.8 Å². The highest BCUT2D eigenvalue weighted by Gasteiger charge is 2.21. The van der Waals surface area contributed by atoms with Gasteiger partial charge in [-0.15, -0.1) is 0 Å². The van der Waals surface area contributed by atoms with Crippen molar-refractivity contribution in [3.8, 4) is 5.75 Å². The van der Waals surface area contributed by atoms with E-state index in [1.54, 1.807) is 54.6 Å². The molecule has 3 aromatic rings. The molecule has 30 heavy (non-hydrogen) atoms. The average Bonchev–Trinajstić information content (AvgIpc) is 2.75. The number of para-hydroxylation sites is 1. The van der Waals surface area contributed by atoms with E-state index in [0.29, 0.717) is 29.3 Å². The summed E-state index contributed by atoms with van der Waals surface area (Å²) in [6, 6.07) is 20.1. The maximum absolute atomic E-state index is 12.9. The fraction of sp³-hybridized carbons (Fsp3) is 0.136. The van der Waals surface area contributed by atoms with Gasteiger partial charge in [0, 0.05) is 17.2 Å². The standard InChI is InChI=1S/C22H21BrN2O4S/c1-3-29-21-14-9-16(23)15-20(21)22(26)24-17-10-12-19(13-11-17)30(27,28)25(2)18-7-5-4-6-8-18/h4-15H,3H2,1-2H3,(H,24,26). The summed E-state index contributed by atoms with van der Waals surface area (Å²) in [6.07, 6.45) is 0. The Bertz CT molecular complexity index is 1130. The number of halogens is 1. The lowest BCUT2D eigenvalue weighted by Crippen LogP contribution is -2.26. The minimum absolute atomic E-state index is 0.129. The number of benzene rings is 3. The van der Waals surface area contributed by atoms with E-state index >= 15 is 0 Å². The van der Waals surface area contributed by atoms with Gasteiger partial charge >= 0.3 is 0 Å². The van der Waals surface area contributed by atoms with Crippen molar-refractivity contribution < 1.29 is 17.9 Å². The maximum atomic E-state index is 12.9. The molecule has 0 aliphatic carbocycles. The second kappa shape index (κ2) is 9.32. The van der Waals surface area contributed by atoms with Gasteiger partial charge in [-0.1, -0.05) is 34.1 Å². The summed E-state index contributed by atoms with van der Waals surface area (Å²) in [5.41, 5.74) is 1.42. The van der Waals surface area contributed by atoms with E-state index in [0.717, 1.165) is 4.47 Å². The van der Waals surface area contributed by atoms with Crippen LogP contribution in [0.25, 0.3) is 0 Å². The number of anilines is 2. The normalized spacial score (nSPS) is 11.0. The molecular weight excluding hydrogens is 468 g/mol. The van der Waals surface area contributed by atoms with Crippen LogP contribution in [0.5, 0.6) is 5.75 Å². The smallest absolute Gasteiger partial charge is 0.264 e. The Hall–Kier alpha value is -2.84. The zero-order chi connectivity index (χ0) is 21.7. The van der Waals surface area contributed by atoms with E-state index in [1.165, 1.54) is 23.5 Å². The summed E-state index contributed by atoms with van der Waals surface area (Å²) in [6.45, 7) is 2.28. The van der Waals surface area contributed by atoms with Gasteiger partial charge in [-0.05, 0) is 61.5 Å². The number of hydrogen-bond donors (Lipinski definition) is 1. The molecule has 0 aliphatic rings. The van der Waals surface area contributed by atoms with Crippen LogP contribution in [0.1, 0.15) is 17.3 Å². The largest absolute Gasteiger partial charge is 0.493 e. The summed E-state index contributed by atoms with van der Waals surface area (Å²) in [4.78, 5) is 12.8. The summed E-state index contributed by atoms with van der Waals surface area (Å²) in [5, 5.41) is 2.78. The van der Waals surface area contributed by atoms with Gasteiger partial charge in [0.05, 0.1) is 22.8 Å². The van der Waals surface area contributed by atoms with Crippen LogP contribution in [0.3, 0.4) is 0 Å². The predicted octanol–water partition coefficient (Wildman–Crippen LogP) is 4.93. The van der Waals surface area contributed by atoms with Gasteiger partial charge in [0.25, 0.3) is 15.9 Å². The van der Waals surface area contributed by atoms with Crippen molar-refractivity contribution in [3.63, 3.8) is 0 Å². The molecule has 0 atom stereocenters. The lowest BCUT2D eigenvalue weighted by atomic mass is 10.2. The number of nitrogens with one attached hydrogen (secondary N) is 1. The van der Waals surface area contributed by atoms with E-state index in [-0.39, 0.29) is 10.8 Å². The number of ether oxygens (including phenoxy) is 1. The topological polar surface area (TPSA) is 75.7 Å². The first-order valence-corrected chi connectivity index (χ1v) is 11.4. The fourth-order valence-corrected chi connectivity index (χ4v) is 4.36. The molecule has 3 rings (SSSR count). The highest BCUT2D eigenvalue weighted by Crippen LogP contribution is 2.26. The highest BCUT2D eigenvalue weighted by atomic mass is 79.9. The molecule has 0 fully saturated rings. The van der Waals surface area contributed by atoms with Gasteiger partial charge in [-0.25, -0.2) is 8.42 Å². The monoisotopic (exact) mass is 488 g/mol. The second-order valence-electron chi connectivity index (χ2n) is 6.36. The number of amides is 1. The molecule has 0 bridgehead atoms. The Morgan fingerprint density at radius 1 is 1.03 bits per heavy atom. The Kier molecular flexibility index (Phi) is 6.79. The average molecular weight is 489 g/mol.